The van der Waals surface area contributed by atoms with Crippen LogP contribution in [0.2, 0.25) is 0 Å². The molecule has 6 nitrogen and oxygen atoms in total. The molecule has 134 valence electrons. The summed E-state index contributed by atoms with van der Waals surface area (Å²) in [7, 11) is 0. The maximum Gasteiger partial charge on any atom is 0.339 e. The SMILES string of the molecule is CCCOc1cccc(-c2cn(-c3ccc(C(=O)O)c(O)c3)cc2N)c1. The summed E-state index contributed by atoms with van der Waals surface area (Å²) in [5, 5.41) is 18.9. The Morgan fingerprint density at radius 2 is 2.00 bits per heavy atom. The summed E-state index contributed by atoms with van der Waals surface area (Å²) in [6.45, 7) is 2.70. The Labute approximate surface area is 151 Å². The number of anilines is 1. The number of hydrogen-bond donors (Lipinski definition) is 3. The van der Waals surface area contributed by atoms with Gasteiger partial charge in [-0.3, -0.25) is 0 Å². The van der Waals surface area contributed by atoms with Crippen LogP contribution in [0, 0.1) is 0 Å². The Kier molecular flexibility index (Phi) is 4.84. The molecule has 0 amide bonds. The molecule has 0 spiro atoms. The normalized spacial score (nSPS) is 10.7. The first kappa shape index (κ1) is 17.4. The standard InChI is InChI=1S/C20H20N2O4/c1-2-8-26-15-5-3-4-13(9-15)17-11-22(12-18(17)21)14-6-7-16(20(24)25)19(23)10-14/h3-7,9-12,23H,2,8,21H2,1H3,(H,24,25). The monoisotopic (exact) mass is 352 g/mol. The highest BCUT2D eigenvalue weighted by molar-refractivity contribution is 5.91. The maximum absolute atomic E-state index is 11.0. The number of nitrogens with zero attached hydrogens (tertiary/aromatic N) is 1. The van der Waals surface area contributed by atoms with E-state index in [4.69, 9.17) is 15.6 Å². The lowest BCUT2D eigenvalue weighted by Gasteiger charge is -2.07. The molecule has 0 radical (unpaired) electrons. The van der Waals surface area contributed by atoms with Crippen LogP contribution in [0.1, 0.15) is 23.7 Å². The van der Waals surface area contributed by atoms with E-state index in [1.54, 1.807) is 16.8 Å². The Morgan fingerprint density at radius 1 is 1.19 bits per heavy atom. The largest absolute Gasteiger partial charge is 0.507 e. The van der Waals surface area contributed by atoms with E-state index >= 15 is 0 Å². The number of aromatic carboxylic acids is 1. The Hall–Kier alpha value is -3.41. The summed E-state index contributed by atoms with van der Waals surface area (Å²) < 4.78 is 7.41. The average Bonchev–Trinajstić information content (AvgIpc) is 3.01. The van der Waals surface area contributed by atoms with Crippen LogP contribution in [0.4, 0.5) is 5.69 Å². The Morgan fingerprint density at radius 3 is 2.69 bits per heavy atom. The van der Waals surface area contributed by atoms with E-state index in [9.17, 15) is 9.90 Å². The van der Waals surface area contributed by atoms with E-state index in [0.29, 0.717) is 18.0 Å². The van der Waals surface area contributed by atoms with Crippen molar-refractivity contribution in [2.75, 3.05) is 12.3 Å². The van der Waals surface area contributed by atoms with Crippen molar-refractivity contribution in [1.29, 1.82) is 0 Å². The fraction of sp³-hybridized carbons (Fsp3) is 0.150. The minimum absolute atomic E-state index is 0.144. The lowest BCUT2D eigenvalue weighted by molar-refractivity contribution is 0.0693. The van der Waals surface area contributed by atoms with Gasteiger partial charge in [0, 0.05) is 29.7 Å². The van der Waals surface area contributed by atoms with Gasteiger partial charge in [-0.2, -0.15) is 0 Å². The van der Waals surface area contributed by atoms with Crippen molar-refractivity contribution in [2.45, 2.75) is 13.3 Å². The predicted molar refractivity (Wildman–Crippen MR) is 100 cm³/mol. The summed E-state index contributed by atoms with van der Waals surface area (Å²) in [5.74, 6) is -0.690. The molecule has 0 bridgehead atoms. The number of benzene rings is 2. The molecule has 6 heteroatoms. The van der Waals surface area contributed by atoms with Gasteiger partial charge < -0.3 is 25.3 Å². The molecule has 0 aliphatic heterocycles. The third-order valence-electron chi connectivity index (χ3n) is 3.99. The molecule has 0 aliphatic rings. The number of carboxylic acids is 1. The van der Waals surface area contributed by atoms with Gasteiger partial charge in [-0.05, 0) is 36.2 Å². The number of hydrogen-bond acceptors (Lipinski definition) is 4. The van der Waals surface area contributed by atoms with Gasteiger partial charge in [-0.25, -0.2) is 4.79 Å². The number of phenols is 1. The minimum Gasteiger partial charge on any atom is -0.507 e. The van der Waals surface area contributed by atoms with Crippen LogP contribution < -0.4 is 10.5 Å². The quantitative estimate of drug-likeness (QED) is 0.625. The van der Waals surface area contributed by atoms with Crippen LogP contribution in [-0.2, 0) is 0 Å². The molecule has 2 aromatic carbocycles. The third kappa shape index (κ3) is 3.49. The first-order chi connectivity index (χ1) is 12.5. The molecule has 3 aromatic rings. The van der Waals surface area contributed by atoms with E-state index < -0.39 is 5.97 Å². The van der Waals surface area contributed by atoms with Crippen LogP contribution in [0.5, 0.6) is 11.5 Å². The summed E-state index contributed by atoms with van der Waals surface area (Å²) >= 11 is 0. The molecular formula is C20H20N2O4. The molecule has 1 aromatic heterocycles. The first-order valence-electron chi connectivity index (χ1n) is 8.27. The smallest absolute Gasteiger partial charge is 0.339 e. The highest BCUT2D eigenvalue weighted by Gasteiger charge is 2.13. The molecule has 0 fully saturated rings. The van der Waals surface area contributed by atoms with Crippen molar-refractivity contribution in [3.8, 4) is 28.3 Å². The topological polar surface area (TPSA) is 97.7 Å². The second-order valence-electron chi connectivity index (χ2n) is 5.92. The number of nitrogens with two attached hydrogens (primary N) is 1. The van der Waals surface area contributed by atoms with Crippen molar-refractivity contribution in [1.82, 2.24) is 4.57 Å². The van der Waals surface area contributed by atoms with E-state index in [1.807, 2.05) is 37.4 Å². The highest BCUT2D eigenvalue weighted by atomic mass is 16.5. The minimum atomic E-state index is -1.18. The van der Waals surface area contributed by atoms with E-state index in [2.05, 4.69) is 0 Å². The van der Waals surface area contributed by atoms with E-state index in [0.717, 1.165) is 23.3 Å². The Balaban J connectivity index is 1.95. The zero-order chi connectivity index (χ0) is 18.7. The second kappa shape index (κ2) is 7.23. The number of ether oxygens (including phenoxy) is 1. The molecule has 0 saturated carbocycles. The summed E-state index contributed by atoms with van der Waals surface area (Å²) in [4.78, 5) is 11.0. The summed E-state index contributed by atoms with van der Waals surface area (Å²) in [6.07, 6.45) is 4.49. The molecule has 0 unspecified atom stereocenters. The average molecular weight is 352 g/mol. The van der Waals surface area contributed by atoms with Crippen LogP contribution in [0.15, 0.2) is 54.9 Å². The maximum atomic E-state index is 11.0. The number of nitrogen functional groups attached to an aromatic ring is 1. The molecule has 4 N–H and O–H groups in total. The van der Waals surface area contributed by atoms with Crippen molar-refractivity contribution in [3.63, 3.8) is 0 Å². The lowest BCUT2D eigenvalue weighted by Crippen LogP contribution is -1.98. The summed E-state index contributed by atoms with van der Waals surface area (Å²) in [6, 6.07) is 12.1. The molecule has 3 rings (SSSR count). The number of aromatic nitrogens is 1. The number of carbonyl (C=O) groups is 1. The predicted octanol–water partition coefficient (Wildman–Crippen LogP) is 3.92. The fourth-order valence-corrected chi connectivity index (χ4v) is 2.70. The molecule has 0 atom stereocenters. The fourth-order valence-electron chi connectivity index (χ4n) is 2.70. The number of rotatable bonds is 6. The van der Waals surface area contributed by atoms with Gasteiger partial charge in [0.15, 0.2) is 0 Å². The van der Waals surface area contributed by atoms with Gasteiger partial charge in [0.2, 0.25) is 0 Å². The molecule has 1 heterocycles. The third-order valence-corrected chi connectivity index (χ3v) is 3.99. The van der Waals surface area contributed by atoms with Crippen LogP contribution >= 0.6 is 0 Å². The van der Waals surface area contributed by atoms with E-state index in [1.165, 1.54) is 12.1 Å². The second-order valence-corrected chi connectivity index (χ2v) is 5.92. The first-order valence-corrected chi connectivity index (χ1v) is 8.27. The zero-order valence-electron chi connectivity index (χ0n) is 14.3. The number of aromatic hydroxyl groups is 1. The number of carboxylic acid groups (broad SMARTS) is 1. The highest BCUT2D eigenvalue weighted by Crippen LogP contribution is 2.32. The lowest BCUT2D eigenvalue weighted by atomic mass is 10.1. The molecule has 26 heavy (non-hydrogen) atoms. The van der Waals surface area contributed by atoms with Crippen molar-refractivity contribution < 1.29 is 19.7 Å². The molecule has 0 aliphatic carbocycles. The van der Waals surface area contributed by atoms with Gasteiger partial charge in [0.1, 0.15) is 17.1 Å². The molecular weight excluding hydrogens is 332 g/mol. The van der Waals surface area contributed by atoms with Crippen molar-refractivity contribution in [2.24, 2.45) is 0 Å². The van der Waals surface area contributed by atoms with Gasteiger partial charge in [-0.15, -0.1) is 0 Å². The molecule has 0 saturated heterocycles. The van der Waals surface area contributed by atoms with Crippen molar-refractivity contribution in [3.05, 3.63) is 60.4 Å². The van der Waals surface area contributed by atoms with Crippen LogP contribution in [0.3, 0.4) is 0 Å². The van der Waals surface area contributed by atoms with Gasteiger partial charge in [0.25, 0.3) is 0 Å². The van der Waals surface area contributed by atoms with Gasteiger partial charge in [-0.1, -0.05) is 19.1 Å². The summed E-state index contributed by atoms with van der Waals surface area (Å²) in [5.41, 5.74) is 8.94. The van der Waals surface area contributed by atoms with Gasteiger partial charge >= 0.3 is 5.97 Å². The Bertz CT molecular complexity index is 947. The van der Waals surface area contributed by atoms with Crippen LogP contribution in [0.25, 0.3) is 16.8 Å². The van der Waals surface area contributed by atoms with Crippen molar-refractivity contribution >= 4 is 11.7 Å². The van der Waals surface area contributed by atoms with Gasteiger partial charge in [0.05, 0.1) is 12.3 Å². The van der Waals surface area contributed by atoms with E-state index in [-0.39, 0.29) is 11.3 Å². The zero-order valence-corrected chi connectivity index (χ0v) is 14.3. The van der Waals surface area contributed by atoms with Crippen LogP contribution in [-0.4, -0.2) is 27.4 Å².